The van der Waals surface area contributed by atoms with Crippen LogP contribution in [0.1, 0.15) is 32.1 Å². The lowest BCUT2D eigenvalue weighted by atomic mass is 10.0. The average molecular weight is 325 g/mol. The van der Waals surface area contributed by atoms with Gasteiger partial charge in [0.25, 0.3) is 11.8 Å². The molecule has 1 aliphatic rings. The van der Waals surface area contributed by atoms with Crippen molar-refractivity contribution in [2.24, 2.45) is 7.05 Å². The maximum atomic E-state index is 12.7. The zero-order valence-corrected chi connectivity index (χ0v) is 13.0. The van der Waals surface area contributed by atoms with Gasteiger partial charge in [-0.25, -0.2) is 5.48 Å². The van der Waals surface area contributed by atoms with Gasteiger partial charge in [0, 0.05) is 12.7 Å². The van der Waals surface area contributed by atoms with Gasteiger partial charge in [0.1, 0.15) is 0 Å². The molecule has 0 atom stereocenters. The van der Waals surface area contributed by atoms with Crippen molar-refractivity contribution in [1.82, 2.24) is 19.9 Å². The van der Waals surface area contributed by atoms with E-state index < -0.39 is 5.91 Å². The molecule has 2 aromatic heterocycles. The molecule has 0 saturated heterocycles. The first-order valence-electron chi connectivity index (χ1n) is 7.30. The minimum absolute atomic E-state index is 0.156. The summed E-state index contributed by atoms with van der Waals surface area (Å²) in [5.74, 6) is -0.357. The lowest BCUT2D eigenvalue weighted by Gasteiger charge is -2.27. The third-order valence-electron chi connectivity index (χ3n) is 4.13. The number of amides is 2. The molecule has 2 amide bonds. The van der Waals surface area contributed by atoms with Gasteiger partial charge in [-0.15, -0.1) is 0 Å². The predicted molar refractivity (Wildman–Crippen MR) is 83.6 cm³/mol. The topological polar surface area (TPSA) is 91.8 Å². The highest BCUT2D eigenvalue weighted by Gasteiger charge is 2.26. The molecular formula is C16H15N5O3. The SMILES string of the molecule is [C-]#[N+]c1ccc(C(=O)N2CCc3cc(C(=O)NO)cnc3C2)n1C. The molecule has 8 heteroatoms. The van der Waals surface area contributed by atoms with Crippen molar-refractivity contribution in [2.45, 2.75) is 13.0 Å². The lowest BCUT2D eigenvalue weighted by Crippen LogP contribution is -2.37. The summed E-state index contributed by atoms with van der Waals surface area (Å²) in [6.07, 6.45) is 1.94. The van der Waals surface area contributed by atoms with E-state index >= 15 is 0 Å². The normalized spacial score (nSPS) is 13.1. The minimum atomic E-state index is -0.612. The van der Waals surface area contributed by atoms with Crippen LogP contribution in [0.3, 0.4) is 0 Å². The first-order valence-corrected chi connectivity index (χ1v) is 7.30. The molecule has 122 valence electrons. The minimum Gasteiger partial charge on any atom is -0.364 e. The van der Waals surface area contributed by atoms with Crippen LogP contribution in [-0.2, 0) is 20.0 Å². The van der Waals surface area contributed by atoms with Gasteiger partial charge < -0.3 is 9.74 Å². The number of rotatable bonds is 2. The molecular weight excluding hydrogens is 310 g/mol. The molecule has 0 unspecified atom stereocenters. The first-order chi connectivity index (χ1) is 11.5. The van der Waals surface area contributed by atoms with E-state index in [2.05, 4.69) is 9.83 Å². The standard InChI is InChI=1S/C16H15N5O3/c1-17-14-4-3-13(20(14)2)16(23)21-6-5-10-7-11(15(22)19-24)8-18-12(10)9-21/h3-4,7-8,24H,5-6,9H2,2H3,(H,19,22). The van der Waals surface area contributed by atoms with Crippen LogP contribution in [0.4, 0.5) is 5.82 Å². The van der Waals surface area contributed by atoms with Crippen molar-refractivity contribution in [2.75, 3.05) is 6.54 Å². The molecule has 0 fully saturated rings. The Morgan fingerprint density at radius 3 is 2.88 bits per heavy atom. The molecule has 0 saturated carbocycles. The van der Waals surface area contributed by atoms with Gasteiger partial charge in [-0.2, -0.15) is 0 Å². The number of nitrogens with zero attached hydrogens (tertiary/aromatic N) is 4. The molecule has 0 aromatic carbocycles. The molecule has 0 spiro atoms. The fraction of sp³-hybridized carbons (Fsp3) is 0.250. The quantitative estimate of drug-likeness (QED) is 0.494. The molecule has 24 heavy (non-hydrogen) atoms. The molecule has 3 rings (SSSR count). The molecule has 8 nitrogen and oxygen atoms in total. The monoisotopic (exact) mass is 325 g/mol. The highest BCUT2D eigenvalue weighted by atomic mass is 16.5. The summed E-state index contributed by atoms with van der Waals surface area (Å²) in [6, 6.07) is 4.94. The first kappa shape index (κ1) is 15.7. The Morgan fingerprint density at radius 2 is 2.21 bits per heavy atom. The van der Waals surface area contributed by atoms with Gasteiger partial charge in [-0.05, 0) is 30.2 Å². The molecule has 0 radical (unpaired) electrons. The number of aromatic nitrogens is 2. The molecule has 2 aromatic rings. The smallest absolute Gasteiger partial charge is 0.292 e. The summed E-state index contributed by atoms with van der Waals surface area (Å²) in [5.41, 5.74) is 3.93. The lowest BCUT2D eigenvalue weighted by molar-refractivity contribution is 0.0699. The van der Waals surface area contributed by atoms with E-state index in [9.17, 15) is 9.59 Å². The summed E-state index contributed by atoms with van der Waals surface area (Å²) in [5, 5.41) is 8.68. The van der Waals surface area contributed by atoms with Crippen LogP contribution in [0.5, 0.6) is 0 Å². The fourth-order valence-electron chi connectivity index (χ4n) is 2.76. The molecule has 1 aliphatic heterocycles. The Hall–Kier alpha value is -3.18. The van der Waals surface area contributed by atoms with Crippen LogP contribution in [0, 0.1) is 6.57 Å². The van der Waals surface area contributed by atoms with Gasteiger partial charge in [0.05, 0.1) is 24.8 Å². The van der Waals surface area contributed by atoms with Gasteiger partial charge >= 0.3 is 0 Å². The maximum absolute atomic E-state index is 12.7. The van der Waals surface area contributed by atoms with Gasteiger partial charge in [0.15, 0.2) is 5.69 Å². The number of nitrogens with one attached hydrogen (secondary N) is 1. The Labute approximate surface area is 138 Å². The zero-order chi connectivity index (χ0) is 17.3. The Kier molecular flexibility index (Phi) is 4.02. The molecule has 0 bridgehead atoms. The second-order valence-electron chi connectivity index (χ2n) is 5.50. The van der Waals surface area contributed by atoms with Gasteiger partial charge in [-0.1, -0.05) is 6.57 Å². The Balaban J connectivity index is 1.82. The van der Waals surface area contributed by atoms with Crippen molar-refractivity contribution in [3.05, 3.63) is 58.3 Å². The van der Waals surface area contributed by atoms with E-state index in [4.69, 9.17) is 11.8 Å². The predicted octanol–water partition coefficient (Wildman–Crippen LogP) is 1.29. The van der Waals surface area contributed by atoms with Crippen molar-refractivity contribution in [3.63, 3.8) is 0 Å². The average Bonchev–Trinajstić information content (AvgIpc) is 3.00. The summed E-state index contributed by atoms with van der Waals surface area (Å²) in [4.78, 5) is 33.4. The van der Waals surface area contributed by atoms with Crippen LogP contribution in [0.15, 0.2) is 24.4 Å². The van der Waals surface area contributed by atoms with Crippen molar-refractivity contribution in [1.29, 1.82) is 0 Å². The van der Waals surface area contributed by atoms with Crippen molar-refractivity contribution in [3.8, 4) is 0 Å². The van der Waals surface area contributed by atoms with E-state index in [1.807, 2.05) is 0 Å². The largest absolute Gasteiger partial charge is 0.364 e. The summed E-state index contributed by atoms with van der Waals surface area (Å²) >= 11 is 0. The molecule has 0 aliphatic carbocycles. The van der Waals surface area contributed by atoms with Gasteiger partial charge in [-0.3, -0.25) is 24.3 Å². The van der Waals surface area contributed by atoms with E-state index in [1.165, 1.54) is 6.20 Å². The van der Waals surface area contributed by atoms with Crippen LogP contribution >= 0.6 is 0 Å². The summed E-state index contributed by atoms with van der Waals surface area (Å²) in [7, 11) is 1.69. The second-order valence-corrected chi connectivity index (χ2v) is 5.50. The summed E-state index contributed by atoms with van der Waals surface area (Å²) in [6.45, 7) is 7.91. The number of pyridine rings is 1. The maximum Gasteiger partial charge on any atom is 0.292 e. The second kappa shape index (κ2) is 6.14. The van der Waals surface area contributed by atoms with Crippen LogP contribution < -0.4 is 5.48 Å². The van der Waals surface area contributed by atoms with Crippen LogP contribution in [0.25, 0.3) is 4.85 Å². The zero-order valence-electron chi connectivity index (χ0n) is 13.0. The number of carbonyl (C=O) groups excluding carboxylic acids is 2. The van der Waals surface area contributed by atoms with E-state index in [-0.39, 0.29) is 11.5 Å². The Bertz CT molecular complexity index is 865. The van der Waals surface area contributed by atoms with E-state index in [1.54, 1.807) is 40.2 Å². The van der Waals surface area contributed by atoms with E-state index in [0.717, 1.165) is 11.3 Å². The van der Waals surface area contributed by atoms with Crippen LogP contribution in [-0.4, -0.2) is 38.0 Å². The number of hydrogen-bond donors (Lipinski definition) is 2. The Morgan fingerprint density at radius 1 is 1.42 bits per heavy atom. The fourth-order valence-corrected chi connectivity index (χ4v) is 2.76. The number of hydroxylamine groups is 1. The molecule has 2 N–H and O–H groups in total. The van der Waals surface area contributed by atoms with Gasteiger partial charge in [0.2, 0.25) is 5.82 Å². The highest BCUT2D eigenvalue weighted by Crippen LogP contribution is 2.22. The number of hydrogen-bond acceptors (Lipinski definition) is 4. The number of fused-ring (bicyclic) bond motifs is 1. The van der Waals surface area contributed by atoms with Crippen molar-refractivity contribution < 1.29 is 14.8 Å². The van der Waals surface area contributed by atoms with Crippen molar-refractivity contribution >= 4 is 17.6 Å². The van der Waals surface area contributed by atoms with Crippen LogP contribution in [0.2, 0.25) is 0 Å². The number of carbonyl (C=O) groups is 2. The summed E-state index contributed by atoms with van der Waals surface area (Å²) < 4.78 is 1.58. The van der Waals surface area contributed by atoms with E-state index in [0.29, 0.717) is 31.0 Å². The third-order valence-corrected chi connectivity index (χ3v) is 4.13. The highest BCUT2D eigenvalue weighted by molar-refractivity contribution is 5.94. The third kappa shape index (κ3) is 2.61. The molecule has 3 heterocycles.